The topological polar surface area (TPSA) is 58.5 Å². The summed E-state index contributed by atoms with van der Waals surface area (Å²) in [6, 6.07) is 1.95. The number of rotatable bonds is 8. The van der Waals surface area contributed by atoms with E-state index in [1.165, 1.54) is 0 Å². The molecule has 0 radical (unpaired) electrons. The fourth-order valence-corrected chi connectivity index (χ4v) is 1.84. The quantitative estimate of drug-likeness (QED) is 0.754. The summed E-state index contributed by atoms with van der Waals surface area (Å²) in [5.74, 6) is 1.54. The van der Waals surface area contributed by atoms with E-state index < -0.39 is 0 Å². The summed E-state index contributed by atoms with van der Waals surface area (Å²) >= 11 is 0. The number of nitrogens with two attached hydrogens (primary N) is 1. The number of nitrogens with zero attached hydrogens (tertiary/aromatic N) is 3. The van der Waals surface area contributed by atoms with Crippen LogP contribution in [-0.2, 0) is 13.1 Å². The minimum absolute atomic E-state index is 0.436. The molecule has 0 spiro atoms. The molecule has 1 aromatic heterocycles. The summed E-state index contributed by atoms with van der Waals surface area (Å²) < 4.78 is 5.29. The van der Waals surface area contributed by atoms with Crippen molar-refractivity contribution < 1.29 is 4.52 Å². The SMILES string of the molecule is CC(C)CN(CCN(C)C)Cc1cc(CN)no1. The maximum Gasteiger partial charge on any atom is 0.151 e. The van der Waals surface area contributed by atoms with Crippen LogP contribution in [0.4, 0.5) is 0 Å². The summed E-state index contributed by atoms with van der Waals surface area (Å²) in [5.41, 5.74) is 6.35. The van der Waals surface area contributed by atoms with Crippen LogP contribution in [0.25, 0.3) is 0 Å². The highest BCUT2D eigenvalue weighted by atomic mass is 16.5. The van der Waals surface area contributed by atoms with Crippen LogP contribution >= 0.6 is 0 Å². The van der Waals surface area contributed by atoms with Crippen LogP contribution in [0.5, 0.6) is 0 Å². The molecule has 0 saturated heterocycles. The Morgan fingerprint density at radius 1 is 1.33 bits per heavy atom. The first-order chi connectivity index (χ1) is 8.51. The minimum Gasteiger partial charge on any atom is -0.360 e. The summed E-state index contributed by atoms with van der Waals surface area (Å²) in [6.07, 6.45) is 0. The zero-order chi connectivity index (χ0) is 13.5. The molecule has 1 rings (SSSR count). The number of aromatic nitrogens is 1. The first kappa shape index (κ1) is 15.1. The van der Waals surface area contributed by atoms with Crippen molar-refractivity contribution in [2.24, 2.45) is 11.7 Å². The van der Waals surface area contributed by atoms with Gasteiger partial charge in [0, 0.05) is 32.2 Å². The van der Waals surface area contributed by atoms with Gasteiger partial charge in [-0.05, 0) is 20.0 Å². The first-order valence-electron chi connectivity index (χ1n) is 6.53. The summed E-state index contributed by atoms with van der Waals surface area (Å²) in [6.45, 7) is 8.84. The molecule has 18 heavy (non-hydrogen) atoms. The Morgan fingerprint density at radius 3 is 2.56 bits per heavy atom. The van der Waals surface area contributed by atoms with Crippen molar-refractivity contribution in [2.45, 2.75) is 26.9 Å². The lowest BCUT2D eigenvalue weighted by Gasteiger charge is -2.24. The molecule has 1 aromatic rings. The van der Waals surface area contributed by atoms with Crippen LogP contribution < -0.4 is 5.73 Å². The maximum atomic E-state index is 5.53. The van der Waals surface area contributed by atoms with Gasteiger partial charge in [-0.2, -0.15) is 0 Å². The largest absolute Gasteiger partial charge is 0.360 e. The van der Waals surface area contributed by atoms with Gasteiger partial charge in [0.15, 0.2) is 5.76 Å². The van der Waals surface area contributed by atoms with Gasteiger partial charge in [0.1, 0.15) is 0 Å². The molecule has 0 saturated carbocycles. The van der Waals surface area contributed by atoms with Gasteiger partial charge in [-0.1, -0.05) is 19.0 Å². The Kier molecular flexibility index (Phi) is 6.32. The summed E-state index contributed by atoms with van der Waals surface area (Å²) in [5, 5.41) is 3.93. The van der Waals surface area contributed by atoms with Crippen LogP contribution in [0.15, 0.2) is 10.6 Å². The third-order valence-electron chi connectivity index (χ3n) is 2.68. The molecule has 0 aromatic carbocycles. The molecule has 5 nitrogen and oxygen atoms in total. The van der Waals surface area contributed by atoms with Crippen LogP contribution in [0, 0.1) is 5.92 Å². The molecule has 1 heterocycles. The fraction of sp³-hybridized carbons (Fsp3) is 0.769. The summed E-state index contributed by atoms with van der Waals surface area (Å²) in [7, 11) is 4.18. The van der Waals surface area contributed by atoms with Gasteiger partial charge in [0.2, 0.25) is 0 Å². The van der Waals surface area contributed by atoms with Crippen molar-refractivity contribution in [1.82, 2.24) is 15.0 Å². The van der Waals surface area contributed by atoms with Crippen molar-refractivity contribution >= 4 is 0 Å². The standard InChI is InChI=1S/C13H26N4O/c1-11(2)9-17(6-5-16(3)4)10-13-7-12(8-14)15-18-13/h7,11H,5-6,8-10,14H2,1-4H3. The average molecular weight is 254 g/mol. The predicted molar refractivity (Wildman–Crippen MR) is 73.1 cm³/mol. The van der Waals surface area contributed by atoms with Gasteiger partial charge in [-0.15, -0.1) is 0 Å². The Hall–Kier alpha value is -0.910. The molecule has 0 atom stereocenters. The Bertz CT molecular complexity index is 335. The van der Waals surface area contributed by atoms with Crippen LogP contribution in [0.2, 0.25) is 0 Å². The van der Waals surface area contributed by atoms with E-state index in [4.69, 9.17) is 10.3 Å². The summed E-state index contributed by atoms with van der Waals surface area (Å²) in [4.78, 5) is 4.59. The van der Waals surface area contributed by atoms with Crippen molar-refractivity contribution in [1.29, 1.82) is 0 Å². The second-order valence-corrected chi connectivity index (χ2v) is 5.42. The van der Waals surface area contributed by atoms with Crippen LogP contribution in [0.1, 0.15) is 25.3 Å². The van der Waals surface area contributed by atoms with Gasteiger partial charge >= 0.3 is 0 Å². The zero-order valence-electron chi connectivity index (χ0n) is 12.0. The zero-order valence-corrected chi connectivity index (χ0v) is 12.0. The molecule has 0 aliphatic heterocycles. The lowest BCUT2D eigenvalue weighted by Crippen LogP contribution is -2.33. The van der Waals surface area contributed by atoms with Crippen molar-refractivity contribution in [2.75, 3.05) is 33.7 Å². The molecule has 0 bridgehead atoms. The van der Waals surface area contributed by atoms with Crippen LogP contribution in [0.3, 0.4) is 0 Å². The molecule has 2 N–H and O–H groups in total. The van der Waals surface area contributed by atoms with Gasteiger partial charge in [0.05, 0.1) is 12.2 Å². The van der Waals surface area contributed by atoms with Gasteiger partial charge in [-0.3, -0.25) is 4.90 Å². The third kappa shape index (κ3) is 5.62. The van der Waals surface area contributed by atoms with Gasteiger partial charge < -0.3 is 15.2 Å². The third-order valence-corrected chi connectivity index (χ3v) is 2.68. The highest BCUT2D eigenvalue weighted by Crippen LogP contribution is 2.09. The molecule has 104 valence electrons. The van der Waals surface area contributed by atoms with E-state index in [1.807, 2.05) is 6.07 Å². The molecule has 5 heteroatoms. The Balaban J connectivity index is 2.53. The van der Waals surface area contributed by atoms with E-state index in [0.29, 0.717) is 12.5 Å². The average Bonchev–Trinajstić information content (AvgIpc) is 2.73. The molecule has 0 fully saturated rings. The molecular weight excluding hydrogens is 228 g/mol. The van der Waals surface area contributed by atoms with Crippen molar-refractivity contribution in [3.8, 4) is 0 Å². The predicted octanol–water partition coefficient (Wildman–Crippen LogP) is 1.15. The van der Waals surface area contributed by atoms with Crippen molar-refractivity contribution in [3.63, 3.8) is 0 Å². The van der Waals surface area contributed by atoms with E-state index in [1.54, 1.807) is 0 Å². The maximum absolute atomic E-state index is 5.53. The van der Waals surface area contributed by atoms with Gasteiger partial charge in [0.25, 0.3) is 0 Å². The van der Waals surface area contributed by atoms with E-state index in [0.717, 1.165) is 37.6 Å². The highest BCUT2D eigenvalue weighted by molar-refractivity contribution is 5.04. The Morgan fingerprint density at radius 2 is 2.06 bits per heavy atom. The van der Waals surface area contributed by atoms with Gasteiger partial charge in [-0.25, -0.2) is 0 Å². The van der Waals surface area contributed by atoms with E-state index >= 15 is 0 Å². The number of hydrogen-bond acceptors (Lipinski definition) is 5. The Labute approximate surface area is 110 Å². The molecule has 0 unspecified atom stereocenters. The lowest BCUT2D eigenvalue weighted by molar-refractivity contribution is 0.191. The first-order valence-corrected chi connectivity index (χ1v) is 6.53. The minimum atomic E-state index is 0.436. The smallest absolute Gasteiger partial charge is 0.151 e. The molecular formula is C13H26N4O. The van der Waals surface area contributed by atoms with E-state index in [9.17, 15) is 0 Å². The monoisotopic (exact) mass is 254 g/mol. The second kappa shape index (κ2) is 7.51. The number of likely N-dealkylation sites (N-methyl/N-ethyl adjacent to an activating group) is 1. The second-order valence-electron chi connectivity index (χ2n) is 5.42. The molecule has 0 aliphatic rings. The van der Waals surface area contributed by atoms with E-state index in [2.05, 4.69) is 42.9 Å². The lowest BCUT2D eigenvalue weighted by atomic mass is 10.2. The normalized spacial score (nSPS) is 12.0. The number of hydrogen-bond donors (Lipinski definition) is 1. The molecule has 0 amide bonds. The fourth-order valence-electron chi connectivity index (χ4n) is 1.84. The highest BCUT2D eigenvalue weighted by Gasteiger charge is 2.12. The molecule has 0 aliphatic carbocycles. The van der Waals surface area contributed by atoms with Crippen molar-refractivity contribution in [3.05, 3.63) is 17.5 Å². The van der Waals surface area contributed by atoms with E-state index in [-0.39, 0.29) is 0 Å². The van der Waals surface area contributed by atoms with Crippen LogP contribution in [-0.4, -0.2) is 48.7 Å².